The van der Waals surface area contributed by atoms with Crippen LogP contribution in [0.1, 0.15) is 58.3 Å². The van der Waals surface area contributed by atoms with Crippen LogP contribution in [0.5, 0.6) is 0 Å². The van der Waals surface area contributed by atoms with E-state index in [4.69, 9.17) is 0 Å². The molecule has 0 fully saturated rings. The molecule has 0 aromatic heterocycles. The molecule has 0 amide bonds. The van der Waals surface area contributed by atoms with Crippen molar-refractivity contribution in [2.24, 2.45) is 0 Å². The summed E-state index contributed by atoms with van der Waals surface area (Å²) in [6.07, 6.45) is 16.3. The SMILES string of the molecule is CCCCCCCCCC[S+](C)C.[Cl-]. The molecule has 0 atom stereocenters. The van der Waals surface area contributed by atoms with E-state index in [9.17, 15) is 0 Å². The lowest BCUT2D eigenvalue weighted by Gasteiger charge is -2.00. The second-order valence-electron chi connectivity index (χ2n) is 4.16. The van der Waals surface area contributed by atoms with Gasteiger partial charge in [-0.2, -0.15) is 0 Å². The average Bonchev–Trinajstić information content (AvgIpc) is 2.09. The molecule has 0 unspecified atom stereocenters. The molecule has 0 N–H and O–H groups in total. The smallest absolute Gasteiger partial charge is 0.107 e. The van der Waals surface area contributed by atoms with Crippen molar-refractivity contribution < 1.29 is 12.4 Å². The summed E-state index contributed by atoms with van der Waals surface area (Å²) < 4.78 is 0. The van der Waals surface area contributed by atoms with Gasteiger partial charge in [0.2, 0.25) is 0 Å². The molecule has 88 valence electrons. The van der Waals surface area contributed by atoms with E-state index in [2.05, 4.69) is 19.4 Å². The molecule has 2 heteroatoms. The van der Waals surface area contributed by atoms with Gasteiger partial charge in [-0.25, -0.2) is 0 Å². The monoisotopic (exact) mass is 238 g/mol. The van der Waals surface area contributed by atoms with Crippen molar-refractivity contribution in [2.75, 3.05) is 18.3 Å². The Morgan fingerprint density at radius 3 is 1.57 bits per heavy atom. The molecule has 0 aliphatic heterocycles. The molecule has 0 heterocycles. The molecule has 0 saturated heterocycles. The van der Waals surface area contributed by atoms with E-state index in [0.717, 1.165) is 0 Å². The van der Waals surface area contributed by atoms with Crippen LogP contribution in [0.2, 0.25) is 0 Å². The minimum absolute atomic E-state index is 0. The summed E-state index contributed by atoms with van der Waals surface area (Å²) in [4.78, 5) is 0. The first kappa shape index (κ1) is 17.0. The predicted octanol–water partition coefficient (Wildman–Crippen LogP) is 1.01. The van der Waals surface area contributed by atoms with Gasteiger partial charge in [-0.1, -0.05) is 45.4 Å². The van der Waals surface area contributed by atoms with Crippen LogP contribution in [-0.2, 0) is 10.9 Å². The number of unbranched alkanes of at least 4 members (excludes halogenated alkanes) is 7. The van der Waals surface area contributed by atoms with Gasteiger partial charge < -0.3 is 12.4 Å². The number of halogens is 1. The first-order valence-corrected chi connectivity index (χ1v) is 8.02. The maximum Gasteiger partial charge on any atom is 0.107 e. The summed E-state index contributed by atoms with van der Waals surface area (Å²) in [6.45, 7) is 2.28. The second kappa shape index (κ2) is 13.6. The van der Waals surface area contributed by atoms with Gasteiger partial charge in [0.15, 0.2) is 0 Å². The first-order valence-electron chi connectivity index (χ1n) is 5.81. The highest BCUT2D eigenvalue weighted by atomic mass is 35.5. The summed E-state index contributed by atoms with van der Waals surface area (Å²) in [5.41, 5.74) is 0. The molecule has 0 aromatic rings. The zero-order valence-electron chi connectivity index (χ0n) is 10.2. The molecule has 0 aromatic carbocycles. The van der Waals surface area contributed by atoms with Gasteiger partial charge in [-0.3, -0.25) is 0 Å². The lowest BCUT2D eigenvalue weighted by molar-refractivity contribution is -0.00000306. The number of rotatable bonds is 9. The van der Waals surface area contributed by atoms with Crippen molar-refractivity contribution in [1.29, 1.82) is 0 Å². The molecule has 0 aliphatic rings. The van der Waals surface area contributed by atoms with E-state index in [-0.39, 0.29) is 12.4 Å². The van der Waals surface area contributed by atoms with E-state index >= 15 is 0 Å². The van der Waals surface area contributed by atoms with E-state index in [1.54, 1.807) is 0 Å². The van der Waals surface area contributed by atoms with Crippen LogP contribution < -0.4 is 12.4 Å². The fraction of sp³-hybridized carbons (Fsp3) is 1.00. The van der Waals surface area contributed by atoms with Crippen LogP contribution in [0.15, 0.2) is 0 Å². The lowest BCUT2D eigenvalue weighted by atomic mass is 10.1. The molecule has 0 nitrogen and oxygen atoms in total. The number of hydrogen-bond donors (Lipinski definition) is 0. The van der Waals surface area contributed by atoms with Crippen molar-refractivity contribution in [3.8, 4) is 0 Å². The minimum atomic E-state index is 0. The Hall–Kier alpha value is 0.640. The van der Waals surface area contributed by atoms with E-state index in [1.165, 1.54) is 57.1 Å². The standard InChI is InChI=1S/C12H27S.ClH/c1-4-5-6-7-8-9-10-11-12-13(2)3;/h4-12H2,1-3H3;1H/q+1;/p-1. The van der Waals surface area contributed by atoms with Crippen LogP contribution in [0, 0.1) is 0 Å². The van der Waals surface area contributed by atoms with Crippen LogP contribution >= 0.6 is 0 Å². The molecule has 0 radical (unpaired) electrons. The molecule has 0 bridgehead atoms. The summed E-state index contributed by atoms with van der Waals surface area (Å²) in [5.74, 6) is 1.45. The zero-order chi connectivity index (χ0) is 9.94. The first-order chi connectivity index (χ1) is 6.27. The van der Waals surface area contributed by atoms with Gasteiger partial charge in [0.1, 0.15) is 5.75 Å². The summed E-state index contributed by atoms with van der Waals surface area (Å²) in [5, 5.41) is 0. The Kier molecular flexibility index (Phi) is 16.6. The topological polar surface area (TPSA) is 0 Å². The maximum absolute atomic E-state index is 2.35. The van der Waals surface area contributed by atoms with Crippen molar-refractivity contribution in [3.63, 3.8) is 0 Å². The van der Waals surface area contributed by atoms with Crippen molar-refractivity contribution in [3.05, 3.63) is 0 Å². The molecule has 0 saturated carbocycles. The number of hydrogen-bond acceptors (Lipinski definition) is 0. The normalized spacial score (nSPS) is 10.3. The average molecular weight is 239 g/mol. The van der Waals surface area contributed by atoms with Crippen LogP contribution in [0.4, 0.5) is 0 Å². The van der Waals surface area contributed by atoms with Crippen LogP contribution in [-0.4, -0.2) is 18.3 Å². The van der Waals surface area contributed by atoms with Crippen molar-refractivity contribution in [2.45, 2.75) is 58.3 Å². The second-order valence-corrected chi connectivity index (χ2v) is 6.54. The van der Waals surface area contributed by atoms with Gasteiger partial charge in [-0.15, -0.1) is 0 Å². The molecular formula is C12H27ClS. The van der Waals surface area contributed by atoms with E-state index < -0.39 is 0 Å². The van der Waals surface area contributed by atoms with Gasteiger partial charge >= 0.3 is 0 Å². The minimum Gasteiger partial charge on any atom is -1.00 e. The Balaban J connectivity index is 0. The Morgan fingerprint density at radius 2 is 1.14 bits per heavy atom. The molecule has 0 spiro atoms. The Bertz CT molecular complexity index is 94.3. The van der Waals surface area contributed by atoms with Crippen molar-refractivity contribution in [1.82, 2.24) is 0 Å². The largest absolute Gasteiger partial charge is 1.00 e. The quantitative estimate of drug-likeness (QED) is 0.416. The van der Waals surface area contributed by atoms with Gasteiger partial charge in [0, 0.05) is 0 Å². The van der Waals surface area contributed by atoms with Crippen LogP contribution in [0.3, 0.4) is 0 Å². The molecule has 0 rings (SSSR count). The Morgan fingerprint density at radius 1 is 0.714 bits per heavy atom. The van der Waals surface area contributed by atoms with Crippen LogP contribution in [0.25, 0.3) is 0 Å². The highest BCUT2D eigenvalue weighted by Crippen LogP contribution is 2.08. The van der Waals surface area contributed by atoms with Crippen molar-refractivity contribution >= 4 is 10.9 Å². The third-order valence-electron chi connectivity index (χ3n) is 2.41. The highest BCUT2D eigenvalue weighted by Gasteiger charge is 2.00. The fourth-order valence-corrected chi connectivity index (χ4v) is 2.31. The summed E-state index contributed by atoms with van der Waals surface area (Å²) in [6, 6.07) is 0. The van der Waals surface area contributed by atoms with Gasteiger partial charge in [0.25, 0.3) is 0 Å². The maximum atomic E-state index is 2.35. The molecule has 0 aliphatic carbocycles. The van der Waals surface area contributed by atoms with E-state index in [0.29, 0.717) is 10.9 Å². The third kappa shape index (κ3) is 15.1. The van der Waals surface area contributed by atoms with E-state index in [1.807, 2.05) is 0 Å². The summed E-state index contributed by atoms with van der Waals surface area (Å²) in [7, 11) is 0.674. The summed E-state index contributed by atoms with van der Waals surface area (Å²) >= 11 is 0. The van der Waals surface area contributed by atoms with Gasteiger partial charge in [0.05, 0.1) is 12.5 Å². The molecule has 14 heavy (non-hydrogen) atoms. The zero-order valence-corrected chi connectivity index (χ0v) is 11.7. The third-order valence-corrected chi connectivity index (χ3v) is 3.51. The molecular weight excluding hydrogens is 212 g/mol. The van der Waals surface area contributed by atoms with Gasteiger partial charge in [-0.05, 0) is 23.7 Å². The Labute approximate surface area is 100.0 Å². The lowest BCUT2D eigenvalue weighted by Crippen LogP contribution is -3.00. The fourth-order valence-electron chi connectivity index (χ4n) is 1.52. The predicted molar refractivity (Wildman–Crippen MR) is 66.7 cm³/mol. The highest BCUT2D eigenvalue weighted by molar-refractivity contribution is 7.95.